The lowest BCUT2D eigenvalue weighted by Gasteiger charge is -2.24. The second-order valence-corrected chi connectivity index (χ2v) is 7.86. The third kappa shape index (κ3) is 6.04. The Labute approximate surface area is 208 Å². The number of alkyl halides is 3. The van der Waals surface area contributed by atoms with Crippen molar-refractivity contribution in [1.82, 2.24) is 19.9 Å². The fraction of sp³-hybridized carbons (Fsp3) is 0.120. The van der Waals surface area contributed by atoms with Crippen LogP contribution in [0.2, 0.25) is 0 Å². The number of nitrogen functional groups attached to an aromatic ring is 1. The van der Waals surface area contributed by atoms with Crippen LogP contribution in [0.3, 0.4) is 0 Å². The van der Waals surface area contributed by atoms with Crippen molar-refractivity contribution in [3.8, 4) is 28.3 Å². The largest absolute Gasteiger partial charge is 0.477 e. The summed E-state index contributed by atoms with van der Waals surface area (Å²) in [5.41, 5.74) is 7.02. The van der Waals surface area contributed by atoms with E-state index in [1.165, 1.54) is 43.0 Å². The average molecular weight is 508 g/mol. The van der Waals surface area contributed by atoms with Crippen LogP contribution in [0.15, 0.2) is 73.3 Å². The van der Waals surface area contributed by atoms with Crippen molar-refractivity contribution in [2.75, 3.05) is 5.73 Å². The van der Waals surface area contributed by atoms with Gasteiger partial charge in [0.15, 0.2) is 0 Å². The fourth-order valence-electron chi connectivity index (χ4n) is 3.58. The van der Waals surface area contributed by atoms with Crippen LogP contribution in [0.25, 0.3) is 22.4 Å². The first-order valence-electron chi connectivity index (χ1n) is 10.7. The maximum Gasteiger partial charge on any atom is 0.429 e. The predicted octanol–water partition coefficient (Wildman–Crippen LogP) is 4.51. The minimum Gasteiger partial charge on any atom is -0.477 e. The van der Waals surface area contributed by atoms with E-state index >= 15 is 0 Å². The minimum atomic E-state index is -4.80. The molecule has 4 N–H and O–H groups in total. The summed E-state index contributed by atoms with van der Waals surface area (Å²) in [5.74, 6) is -2.01. The van der Waals surface area contributed by atoms with Gasteiger partial charge in [0.25, 0.3) is 0 Å². The summed E-state index contributed by atoms with van der Waals surface area (Å²) in [6.07, 6.45) is -3.19. The van der Waals surface area contributed by atoms with Gasteiger partial charge in [0, 0.05) is 41.6 Å². The molecule has 2 aromatic heterocycles. The summed E-state index contributed by atoms with van der Waals surface area (Å²) in [6, 6.07) is 13.5. The number of ether oxygens (including phenoxy) is 1. The highest BCUT2D eigenvalue weighted by molar-refractivity contribution is 6.34. The molecular formula is C25H19F3N6O3. The molecule has 0 saturated carbocycles. The maximum absolute atomic E-state index is 14.2. The minimum absolute atomic E-state index is 0.0883. The van der Waals surface area contributed by atoms with Crippen molar-refractivity contribution in [2.24, 2.45) is 0 Å². The summed E-state index contributed by atoms with van der Waals surface area (Å²) in [7, 11) is 0. The third-order valence-electron chi connectivity index (χ3n) is 5.26. The molecule has 0 aliphatic carbocycles. The first-order chi connectivity index (χ1) is 17.6. The summed E-state index contributed by atoms with van der Waals surface area (Å²) in [6.45, 7) is 0. The number of benzene rings is 2. The van der Waals surface area contributed by atoms with Crippen LogP contribution in [0.5, 0.6) is 5.88 Å². The number of nitrogens with one attached hydrogen (secondary N) is 1. The van der Waals surface area contributed by atoms with E-state index in [4.69, 9.17) is 21.0 Å². The highest BCUT2D eigenvalue weighted by Gasteiger charge is 2.44. The molecule has 2 aromatic carbocycles. The van der Waals surface area contributed by atoms with Gasteiger partial charge in [-0.3, -0.25) is 5.41 Å². The van der Waals surface area contributed by atoms with Gasteiger partial charge in [0.2, 0.25) is 17.9 Å². The Balaban J connectivity index is 1.67. The molecule has 1 unspecified atom stereocenters. The lowest BCUT2D eigenvalue weighted by molar-refractivity contribution is -0.198. The second kappa shape index (κ2) is 10.4. The van der Waals surface area contributed by atoms with Gasteiger partial charge < -0.3 is 15.6 Å². The molecule has 2 heterocycles. The molecule has 0 amide bonds. The number of nitrogens with zero attached hydrogens (tertiary/aromatic N) is 4. The number of aromatic nitrogens is 4. The van der Waals surface area contributed by atoms with Crippen molar-refractivity contribution in [3.05, 3.63) is 84.4 Å². The number of nitrogens with two attached hydrogens (primary N) is 1. The molecule has 9 nitrogen and oxygen atoms in total. The molecule has 0 fully saturated rings. The lowest BCUT2D eigenvalue weighted by Crippen LogP contribution is -2.27. The number of anilines is 1. The molecule has 4 aromatic rings. The van der Waals surface area contributed by atoms with E-state index < -0.39 is 24.0 Å². The van der Waals surface area contributed by atoms with Gasteiger partial charge in [0.1, 0.15) is 12.0 Å². The van der Waals surface area contributed by atoms with Crippen LogP contribution >= 0.6 is 0 Å². The monoisotopic (exact) mass is 508 g/mol. The van der Waals surface area contributed by atoms with Gasteiger partial charge in [-0.15, -0.1) is 0 Å². The number of hydrogen-bond donors (Lipinski definition) is 3. The van der Waals surface area contributed by atoms with Crippen LogP contribution in [-0.2, 0) is 11.2 Å². The van der Waals surface area contributed by atoms with Crippen molar-refractivity contribution in [2.45, 2.75) is 18.7 Å². The van der Waals surface area contributed by atoms with E-state index in [0.717, 1.165) is 0 Å². The van der Waals surface area contributed by atoms with E-state index in [-0.39, 0.29) is 35.1 Å². The Hall–Kier alpha value is -4.87. The molecule has 0 saturated heterocycles. The zero-order valence-electron chi connectivity index (χ0n) is 19.0. The van der Waals surface area contributed by atoms with Gasteiger partial charge in [-0.1, -0.05) is 48.5 Å². The third-order valence-corrected chi connectivity index (χ3v) is 5.26. The highest BCUT2D eigenvalue weighted by Crippen LogP contribution is 2.41. The quantitative estimate of drug-likeness (QED) is 0.295. The molecule has 0 aliphatic heterocycles. The summed E-state index contributed by atoms with van der Waals surface area (Å²) < 4.78 is 48.1. The number of rotatable bonds is 8. The number of carbonyl (C=O) groups is 1. The first kappa shape index (κ1) is 25.2. The molecule has 12 heteroatoms. The van der Waals surface area contributed by atoms with E-state index in [9.17, 15) is 18.0 Å². The molecule has 1 atom stereocenters. The fourth-order valence-corrected chi connectivity index (χ4v) is 3.58. The van der Waals surface area contributed by atoms with Gasteiger partial charge in [0.05, 0.1) is 5.69 Å². The topological polar surface area (TPSA) is 148 Å². The van der Waals surface area contributed by atoms with Crippen LogP contribution in [0.4, 0.5) is 19.1 Å². The van der Waals surface area contributed by atoms with Gasteiger partial charge >= 0.3 is 12.1 Å². The Morgan fingerprint density at radius 2 is 1.70 bits per heavy atom. The highest BCUT2D eigenvalue weighted by atomic mass is 19.4. The Morgan fingerprint density at radius 3 is 2.35 bits per heavy atom. The van der Waals surface area contributed by atoms with Crippen molar-refractivity contribution < 1.29 is 27.8 Å². The van der Waals surface area contributed by atoms with Crippen LogP contribution in [-0.4, -0.2) is 42.9 Å². The standard InChI is InChI=1S/C25H19F3N6O3/c26-25(27,28)22(18-4-2-1-3-17(18)16-11-31-13-32-12-16)37-21-10-20(33-24(30)34-21)15-7-5-14(6-8-15)9-19(29)23(35)36/h1-8,10-13,22,29H,9H2,(H,35,36)(H2,30,33,34). The van der Waals surface area contributed by atoms with Crippen molar-refractivity contribution >= 4 is 17.6 Å². The SMILES string of the molecule is N=C(Cc1ccc(-c2cc(OC(c3ccccc3-c3cncnc3)C(F)(F)F)nc(N)n2)cc1)C(=O)O. The molecule has 188 valence electrons. The smallest absolute Gasteiger partial charge is 0.429 e. The van der Waals surface area contributed by atoms with Crippen molar-refractivity contribution in [1.29, 1.82) is 5.41 Å². The summed E-state index contributed by atoms with van der Waals surface area (Å²) in [4.78, 5) is 26.6. The van der Waals surface area contributed by atoms with E-state index in [0.29, 0.717) is 16.7 Å². The number of hydrogen-bond acceptors (Lipinski definition) is 8. The van der Waals surface area contributed by atoms with E-state index in [1.54, 1.807) is 30.3 Å². The van der Waals surface area contributed by atoms with E-state index in [2.05, 4.69) is 19.9 Å². The molecule has 0 bridgehead atoms. The Morgan fingerprint density at radius 1 is 1.03 bits per heavy atom. The number of aliphatic carboxylic acids is 1. The van der Waals surface area contributed by atoms with Crippen LogP contribution in [0.1, 0.15) is 17.2 Å². The molecular weight excluding hydrogens is 489 g/mol. The molecule has 4 rings (SSSR count). The molecule has 0 spiro atoms. The number of carboxylic acids is 1. The Kier molecular flexibility index (Phi) is 7.09. The van der Waals surface area contributed by atoms with Gasteiger partial charge in [-0.25, -0.2) is 19.7 Å². The maximum atomic E-state index is 14.2. The molecule has 0 radical (unpaired) electrons. The van der Waals surface area contributed by atoms with E-state index in [1.807, 2.05) is 0 Å². The zero-order valence-corrected chi connectivity index (χ0v) is 19.0. The van der Waals surface area contributed by atoms with Gasteiger partial charge in [-0.2, -0.15) is 18.2 Å². The first-order valence-corrected chi connectivity index (χ1v) is 10.7. The summed E-state index contributed by atoms with van der Waals surface area (Å²) in [5, 5.41) is 16.3. The van der Waals surface area contributed by atoms with Crippen molar-refractivity contribution in [3.63, 3.8) is 0 Å². The van der Waals surface area contributed by atoms with Crippen LogP contribution < -0.4 is 10.5 Å². The Bertz CT molecular complexity index is 1430. The molecule has 0 aliphatic rings. The second-order valence-electron chi connectivity index (χ2n) is 7.86. The number of halogens is 3. The normalized spacial score (nSPS) is 12.1. The zero-order chi connectivity index (χ0) is 26.6. The number of carboxylic acid groups (broad SMARTS) is 1. The predicted molar refractivity (Wildman–Crippen MR) is 128 cm³/mol. The average Bonchev–Trinajstić information content (AvgIpc) is 2.87. The molecule has 37 heavy (non-hydrogen) atoms. The lowest BCUT2D eigenvalue weighted by atomic mass is 9.97. The summed E-state index contributed by atoms with van der Waals surface area (Å²) >= 11 is 0. The van der Waals surface area contributed by atoms with Gasteiger partial charge in [-0.05, 0) is 11.1 Å². The van der Waals surface area contributed by atoms with Crippen LogP contribution in [0, 0.1) is 5.41 Å².